The Labute approximate surface area is 171 Å². The number of fused-ring (bicyclic) bond motifs is 2. The van der Waals surface area contributed by atoms with Gasteiger partial charge in [0, 0.05) is 25.2 Å². The highest BCUT2D eigenvalue weighted by atomic mass is 19.1. The number of pyridine rings is 2. The van der Waals surface area contributed by atoms with Crippen LogP contribution in [0.4, 0.5) is 19.0 Å². The van der Waals surface area contributed by atoms with Crippen molar-refractivity contribution >= 4 is 28.0 Å². The summed E-state index contributed by atoms with van der Waals surface area (Å²) < 4.78 is 49.3. The number of halogens is 3. The van der Waals surface area contributed by atoms with Gasteiger partial charge in [0.1, 0.15) is 11.6 Å². The second kappa shape index (κ2) is 6.71. The molecule has 0 saturated carbocycles. The summed E-state index contributed by atoms with van der Waals surface area (Å²) in [6.07, 6.45) is 0. The van der Waals surface area contributed by atoms with Crippen molar-refractivity contribution in [3.8, 4) is 5.69 Å². The average molecular weight is 431 g/mol. The van der Waals surface area contributed by atoms with Crippen LogP contribution in [0.1, 0.15) is 6.92 Å². The Morgan fingerprint density at radius 2 is 1.94 bits per heavy atom. The predicted octanol–water partition coefficient (Wildman–Crippen LogP) is 2.02. The van der Waals surface area contributed by atoms with E-state index < -0.39 is 33.8 Å². The number of nitrogens with zero attached hydrogens (tertiary/aromatic N) is 3. The third-order valence-electron chi connectivity index (χ3n) is 5.63. The van der Waals surface area contributed by atoms with Gasteiger partial charge in [-0.1, -0.05) is 6.92 Å². The molecule has 3 aromatic heterocycles. The van der Waals surface area contributed by atoms with Gasteiger partial charge in [-0.2, -0.15) is 5.16 Å². The molecular weight excluding hydrogens is 415 g/mol. The van der Waals surface area contributed by atoms with Gasteiger partial charge in [-0.15, -0.1) is 0 Å². The first-order valence-electron chi connectivity index (χ1n) is 9.48. The van der Waals surface area contributed by atoms with E-state index in [1.165, 1.54) is 0 Å². The van der Waals surface area contributed by atoms with Crippen LogP contribution in [0.25, 0.3) is 27.8 Å². The lowest BCUT2D eigenvalue weighted by Crippen LogP contribution is -2.29. The Morgan fingerprint density at radius 3 is 2.61 bits per heavy atom. The van der Waals surface area contributed by atoms with Crippen molar-refractivity contribution in [3.63, 3.8) is 0 Å². The van der Waals surface area contributed by atoms with Crippen LogP contribution in [0.2, 0.25) is 0 Å². The fourth-order valence-corrected chi connectivity index (χ4v) is 3.96. The Balaban J connectivity index is 1.90. The van der Waals surface area contributed by atoms with Gasteiger partial charge in [-0.05, 0) is 24.1 Å². The lowest BCUT2D eigenvalue weighted by Gasteiger charge is -2.19. The van der Waals surface area contributed by atoms with Crippen molar-refractivity contribution in [1.82, 2.24) is 14.7 Å². The molecule has 5 rings (SSSR count). The zero-order valence-electron chi connectivity index (χ0n) is 16.2. The topological polar surface area (TPSA) is 110 Å². The standard InChI is InChI=1S/C20H16F3N5O3/c1-8-6-27(7-13(8)24)18-12(23)5-10-16(29)15-19(30)26-31-20(15)28(17(10)25-18)14-3-2-9(21)4-11(14)22/h2-5,8,13H,6-7,24H2,1H3,(H,26,30). The number of rotatable bonds is 2. The van der Waals surface area contributed by atoms with E-state index in [4.69, 9.17) is 10.3 Å². The zero-order chi connectivity index (χ0) is 22.0. The highest BCUT2D eigenvalue weighted by Gasteiger charge is 2.31. The largest absolute Gasteiger partial charge is 0.359 e. The summed E-state index contributed by atoms with van der Waals surface area (Å²) >= 11 is 0. The van der Waals surface area contributed by atoms with Crippen molar-refractivity contribution in [2.45, 2.75) is 13.0 Å². The molecule has 1 aliphatic rings. The molecule has 0 amide bonds. The van der Waals surface area contributed by atoms with E-state index in [1.54, 1.807) is 4.90 Å². The molecule has 160 valence electrons. The molecule has 11 heteroatoms. The highest BCUT2D eigenvalue weighted by Crippen LogP contribution is 2.29. The minimum Gasteiger partial charge on any atom is -0.359 e. The molecule has 2 atom stereocenters. The monoisotopic (exact) mass is 431 g/mol. The van der Waals surface area contributed by atoms with Gasteiger partial charge in [0.05, 0.1) is 11.1 Å². The molecule has 31 heavy (non-hydrogen) atoms. The summed E-state index contributed by atoms with van der Waals surface area (Å²) in [6, 6.07) is 3.52. The Bertz CT molecular complexity index is 1470. The van der Waals surface area contributed by atoms with Gasteiger partial charge in [0.25, 0.3) is 5.56 Å². The summed E-state index contributed by atoms with van der Waals surface area (Å²) in [6.45, 7) is 2.70. The molecule has 0 bridgehead atoms. The van der Waals surface area contributed by atoms with Crippen LogP contribution in [0.15, 0.2) is 38.4 Å². The molecule has 1 aliphatic heterocycles. The van der Waals surface area contributed by atoms with Crippen LogP contribution in [-0.2, 0) is 0 Å². The van der Waals surface area contributed by atoms with Crippen LogP contribution in [-0.4, -0.2) is 33.8 Å². The number of anilines is 1. The molecule has 1 saturated heterocycles. The van der Waals surface area contributed by atoms with Crippen molar-refractivity contribution in [2.24, 2.45) is 11.7 Å². The fraction of sp³-hybridized carbons (Fsp3) is 0.250. The van der Waals surface area contributed by atoms with Gasteiger partial charge in [-0.25, -0.2) is 18.2 Å². The molecule has 4 heterocycles. The van der Waals surface area contributed by atoms with E-state index in [-0.39, 0.29) is 40.2 Å². The Morgan fingerprint density at radius 1 is 1.16 bits per heavy atom. The second-order valence-electron chi connectivity index (χ2n) is 7.68. The number of benzene rings is 1. The number of nitrogens with two attached hydrogens (primary N) is 1. The quantitative estimate of drug-likeness (QED) is 0.503. The minimum atomic E-state index is -0.986. The zero-order valence-corrected chi connectivity index (χ0v) is 16.2. The smallest absolute Gasteiger partial charge is 0.293 e. The predicted molar refractivity (Wildman–Crippen MR) is 107 cm³/mol. The summed E-state index contributed by atoms with van der Waals surface area (Å²) in [5, 5.41) is 1.35. The maximum Gasteiger partial charge on any atom is 0.293 e. The number of H-pyrrole nitrogens is 1. The van der Waals surface area contributed by atoms with E-state index in [1.807, 2.05) is 12.1 Å². The molecule has 0 spiro atoms. The van der Waals surface area contributed by atoms with E-state index in [0.29, 0.717) is 19.2 Å². The van der Waals surface area contributed by atoms with Gasteiger partial charge < -0.3 is 15.2 Å². The molecule has 1 aromatic carbocycles. The number of hydrogen-bond acceptors (Lipinski definition) is 6. The van der Waals surface area contributed by atoms with Crippen molar-refractivity contribution in [3.05, 3.63) is 62.3 Å². The lowest BCUT2D eigenvalue weighted by atomic mass is 10.1. The maximum atomic E-state index is 15.0. The molecule has 0 radical (unpaired) electrons. The maximum absolute atomic E-state index is 15.0. The van der Waals surface area contributed by atoms with E-state index in [2.05, 4.69) is 4.98 Å². The highest BCUT2D eigenvalue weighted by molar-refractivity contribution is 5.91. The van der Waals surface area contributed by atoms with E-state index in [0.717, 1.165) is 22.8 Å². The molecule has 8 nitrogen and oxygen atoms in total. The van der Waals surface area contributed by atoms with E-state index in [9.17, 15) is 22.8 Å². The molecule has 3 N–H and O–H groups in total. The molecule has 2 unspecified atom stereocenters. The second-order valence-corrected chi connectivity index (χ2v) is 7.68. The van der Waals surface area contributed by atoms with Gasteiger partial charge >= 0.3 is 0 Å². The first-order valence-corrected chi connectivity index (χ1v) is 9.48. The third-order valence-corrected chi connectivity index (χ3v) is 5.63. The Kier molecular flexibility index (Phi) is 4.19. The Hall–Kier alpha value is -3.60. The van der Waals surface area contributed by atoms with Gasteiger partial charge in [-0.3, -0.25) is 14.2 Å². The van der Waals surface area contributed by atoms with Crippen LogP contribution in [0.3, 0.4) is 0 Å². The first-order chi connectivity index (χ1) is 14.8. The third kappa shape index (κ3) is 2.84. The molecule has 1 fully saturated rings. The fourth-order valence-electron chi connectivity index (χ4n) is 3.96. The molecular formula is C20H16F3N5O3. The average Bonchev–Trinajstić information content (AvgIpc) is 3.26. The van der Waals surface area contributed by atoms with Crippen molar-refractivity contribution in [2.75, 3.05) is 18.0 Å². The normalized spacial score (nSPS) is 19.1. The molecule has 0 aliphatic carbocycles. The van der Waals surface area contributed by atoms with E-state index >= 15 is 0 Å². The summed E-state index contributed by atoms with van der Waals surface area (Å²) in [7, 11) is 0. The summed E-state index contributed by atoms with van der Waals surface area (Å²) in [4.78, 5) is 31.0. The first kappa shape index (κ1) is 19.4. The van der Waals surface area contributed by atoms with Crippen molar-refractivity contribution < 1.29 is 17.7 Å². The van der Waals surface area contributed by atoms with Crippen LogP contribution in [0, 0.1) is 23.4 Å². The van der Waals surface area contributed by atoms with Gasteiger partial charge in [0.15, 0.2) is 22.7 Å². The van der Waals surface area contributed by atoms with Crippen LogP contribution >= 0.6 is 0 Å². The SMILES string of the molecule is CC1CN(c2nc3c(cc2F)c(=O)c2c(=O)[nH]oc2n3-c2ccc(F)cc2F)CC1N. The lowest BCUT2D eigenvalue weighted by molar-refractivity contribution is 0.436. The number of hydrogen-bond donors (Lipinski definition) is 2. The van der Waals surface area contributed by atoms with Crippen LogP contribution in [0.5, 0.6) is 0 Å². The summed E-state index contributed by atoms with van der Waals surface area (Å²) in [5.74, 6) is -2.58. The number of nitrogens with one attached hydrogen (secondary N) is 1. The molecule has 4 aromatic rings. The number of aromatic amines is 1. The van der Waals surface area contributed by atoms with Crippen molar-refractivity contribution in [1.29, 1.82) is 0 Å². The minimum absolute atomic E-state index is 0.0693. The van der Waals surface area contributed by atoms with Crippen LogP contribution < -0.4 is 21.6 Å². The summed E-state index contributed by atoms with van der Waals surface area (Å²) in [5.41, 5.74) is 3.68. The number of aromatic nitrogens is 3. The van der Waals surface area contributed by atoms with Gasteiger partial charge in [0.2, 0.25) is 11.1 Å².